The van der Waals surface area contributed by atoms with Crippen LogP contribution in [0.2, 0.25) is 0 Å². The monoisotopic (exact) mass is 461 g/mol. The number of hydrogen-bond acceptors (Lipinski definition) is 1. The number of piperidine rings is 1. The summed E-state index contributed by atoms with van der Waals surface area (Å²) in [5.41, 5.74) is 11.2. The second kappa shape index (κ2) is 11.0. The minimum atomic E-state index is 0.878. The van der Waals surface area contributed by atoms with E-state index in [0.717, 1.165) is 17.6 Å². The molecule has 0 bridgehead atoms. The van der Waals surface area contributed by atoms with Crippen molar-refractivity contribution in [3.8, 4) is 0 Å². The SMILES string of the molecule is C=C(C)c1c(C=Cc2ccc(N3CCCCC3)cc2)c(CC=C(C)C)c(C(=C)C)c2ccccc12. The molecule has 0 unspecified atom stereocenters. The van der Waals surface area contributed by atoms with Gasteiger partial charge in [0.1, 0.15) is 0 Å². The van der Waals surface area contributed by atoms with Crippen molar-refractivity contribution in [2.45, 2.75) is 53.4 Å². The zero-order valence-electron chi connectivity index (χ0n) is 22.0. The summed E-state index contributed by atoms with van der Waals surface area (Å²) in [7, 11) is 0. The molecule has 0 saturated carbocycles. The summed E-state index contributed by atoms with van der Waals surface area (Å²) >= 11 is 0. The van der Waals surface area contributed by atoms with Crippen LogP contribution in [0.15, 0.2) is 73.3 Å². The van der Waals surface area contributed by atoms with Crippen molar-refractivity contribution >= 4 is 39.8 Å². The first-order chi connectivity index (χ1) is 16.9. The van der Waals surface area contributed by atoms with Gasteiger partial charge in [0.15, 0.2) is 0 Å². The molecule has 3 aromatic carbocycles. The molecule has 0 spiro atoms. The molecule has 1 aliphatic heterocycles. The molecule has 0 N–H and O–H groups in total. The van der Waals surface area contributed by atoms with Gasteiger partial charge in [-0.1, -0.05) is 78.9 Å². The molecule has 4 rings (SSSR count). The third-order valence-electron chi connectivity index (χ3n) is 6.99. The molecule has 0 aromatic heterocycles. The molecule has 1 saturated heterocycles. The van der Waals surface area contributed by atoms with Crippen LogP contribution < -0.4 is 4.90 Å². The van der Waals surface area contributed by atoms with E-state index >= 15 is 0 Å². The van der Waals surface area contributed by atoms with Crippen molar-refractivity contribution in [3.63, 3.8) is 0 Å². The van der Waals surface area contributed by atoms with Gasteiger partial charge >= 0.3 is 0 Å². The second-order valence-electron chi connectivity index (χ2n) is 10.2. The Labute approximate surface area is 212 Å². The van der Waals surface area contributed by atoms with Gasteiger partial charge in [-0.25, -0.2) is 0 Å². The fraction of sp³-hybridized carbons (Fsp3) is 0.294. The average Bonchev–Trinajstić information content (AvgIpc) is 2.85. The minimum absolute atomic E-state index is 0.878. The fourth-order valence-electron chi connectivity index (χ4n) is 5.29. The summed E-state index contributed by atoms with van der Waals surface area (Å²) < 4.78 is 0. The summed E-state index contributed by atoms with van der Waals surface area (Å²) in [4.78, 5) is 2.51. The first-order valence-electron chi connectivity index (χ1n) is 12.9. The van der Waals surface area contributed by atoms with Crippen LogP contribution in [0.5, 0.6) is 0 Å². The van der Waals surface area contributed by atoms with E-state index in [-0.39, 0.29) is 0 Å². The molecule has 0 atom stereocenters. The Morgan fingerprint density at radius 3 is 1.94 bits per heavy atom. The zero-order chi connectivity index (χ0) is 24.9. The van der Waals surface area contributed by atoms with Gasteiger partial charge in [-0.3, -0.25) is 0 Å². The molecular formula is C34H39N. The van der Waals surface area contributed by atoms with Crippen LogP contribution in [0.3, 0.4) is 0 Å². The maximum absolute atomic E-state index is 4.39. The quantitative estimate of drug-likeness (QED) is 0.250. The lowest BCUT2D eigenvalue weighted by Crippen LogP contribution is -2.29. The standard InChI is InChI=1S/C34H39N/c1-24(2)14-20-31-32(21-17-27-15-18-28(19-16-27)35-22-10-7-11-23-35)34(26(5)6)30-13-9-8-12-29(30)33(31)25(3)4/h8-9,12-19,21H,3,5,7,10-11,20,22-23H2,1-2,4,6H3. The van der Waals surface area contributed by atoms with Crippen molar-refractivity contribution in [1.82, 2.24) is 0 Å². The highest BCUT2D eigenvalue weighted by Gasteiger charge is 2.18. The largest absolute Gasteiger partial charge is 0.372 e. The molecule has 1 fully saturated rings. The van der Waals surface area contributed by atoms with Gasteiger partial charge in [0.2, 0.25) is 0 Å². The Morgan fingerprint density at radius 1 is 0.771 bits per heavy atom. The van der Waals surface area contributed by atoms with Crippen LogP contribution in [0.1, 0.15) is 74.8 Å². The van der Waals surface area contributed by atoms with Gasteiger partial charge < -0.3 is 4.90 Å². The predicted molar refractivity (Wildman–Crippen MR) is 158 cm³/mol. The number of allylic oxidation sites excluding steroid dienone is 4. The number of hydrogen-bond donors (Lipinski definition) is 0. The van der Waals surface area contributed by atoms with E-state index in [0.29, 0.717) is 0 Å². The highest BCUT2D eigenvalue weighted by Crippen LogP contribution is 2.39. The fourth-order valence-corrected chi connectivity index (χ4v) is 5.29. The Morgan fingerprint density at radius 2 is 1.37 bits per heavy atom. The van der Waals surface area contributed by atoms with Gasteiger partial charge in [0.25, 0.3) is 0 Å². The predicted octanol–water partition coefficient (Wildman–Crippen LogP) is 9.58. The van der Waals surface area contributed by atoms with Crippen LogP contribution in [0.25, 0.3) is 34.1 Å². The second-order valence-corrected chi connectivity index (χ2v) is 10.2. The van der Waals surface area contributed by atoms with Crippen molar-refractivity contribution in [3.05, 3.63) is 101 Å². The maximum atomic E-state index is 4.39. The van der Waals surface area contributed by atoms with Crippen LogP contribution in [0.4, 0.5) is 5.69 Å². The van der Waals surface area contributed by atoms with E-state index in [1.54, 1.807) is 0 Å². The highest BCUT2D eigenvalue weighted by molar-refractivity contribution is 6.04. The highest BCUT2D eigenvalue weighted by atomic mass is 15.1. The van der Waals surface area contributed by atoms with Crippen molar-refractivity contribution < 1.29 is 0 Å². The third kappa shape index (κ3) is 5.51. The van der Waals surface area contributed by atoms with Gasteiger partial charge in [-0.2, -0.15) is 0 Å². The Bertz CT molecular complexity index is 1290. The van der Waals surface area contributed by atoms with Crippen molar-refractivity contribution in [1.29, 1.82) is 0 Å². The summed E-state index contributed by atoms with van der Waals surface area (Å²) in [5.74, 6) is 0. The minimum Gasteiger partial charge on any atom is -0.372 e. The molecule has 1 heteroatoms. The van der Waals surface area contributed by atoms with Crippen molar-refractivity contribution in [2.24, 2.45) is 0 Å². The number of rotatable bonds is 7. The molecular weight excluding hydrogens is 422 g/mol. The Hall–Kier alpha value is -3.32. The number of anilines is 1. The number of fused-ring (bicyclic) bond motifs is 1. The zero-order valence-corrected chi connectivity index (χ0v) is 22.0. The molecule has 35 heavy (non-hydrogen) atoms. The van der Waals surface area contributed by atoms with Crippen molar-refractivity contribution in [2.75, 3.05) is 18.0 Å². The first-order valence-corrected chi connectivity index (χ1v) is 12.9. The molecule has 0 radical (unpaired) electrons. The van der Waals surface area contributed by atoms with Crippen LogP contribution in [-0.2, 0) is 6.42 Å². The molecule has 1 heterocycles. The maximum Gasteiger partial charge on any atom is 0.0366 e. The lowest BCUT2D eigenvalue weighted by molar-refractivity contribution is 0.578. The van der Waals surface area contributed by atoms with Gasteiger partial charge in [0.05, 0.1) is 0 Å². The smallest absolute Gasteiger partial charge is 0.0366 e. The van der Waals surface area contributed by atoms with E-state index in [1.807, 2.05) is 0 Å². The van der Waals surface area contributed by atoms with E-state index < -0.39 is 0 Å². The third-order valence-corrected chi connectivity index (χ3v) is 6.99. The van der Waals surface area contributed by atoms with E-state index in [1.165, 1.54) is 82.2 Å². The van der Waals surface area contributed by atoms with Gasteiger partial charge in [-0.05, 0) is 110 Å². The van der Waals surface area contributed by atoms with E-state index in [9.17, 15) is 0 Å². The number of benzene rings is 3. The van der Waals surface area contributed by atoms with Crippen LogP contribution >= 0.6 is 0 Å². The topological polar surface area (TPSA) is 3.24 Å². The van der Waals surface area contributed by atoms with Gasteiger partial charge in [0, 0.05) is 18.8 Å². The summed E-state index contributed by atoms with van der Waals surface area (Å²) in [5, 5.41) is 2.51. The molecule has 180 valence electrons. The Kier molecular flexibility index (Phi) is 7.76. The normalized spacial score (nSPS) is 13.9. The molecule has 3 aromatic rings. The lowest BCUT2D eigenvalue weighted by atomic mass is 9.83. The summed E-state index contributed by atoms with van der Waals surface area (Å²) in [6, 6.07) is 17.7. The van der Waals surface area contributed by atoms with Gasteiger partial charge in [-0.15, -0.1) is 0 Å². The average molecular weight is 462 g/mol. The molecule has 1 nitrogen and oxygen atoms in total. The summed E-state index contributed by atoms with van der Waals surface area (Å²) in [6.45, 7) is 19.7. The first kappa shape index (κ1) is 24.8. The van der Waals surface area contributed by atoms with Crippen LogP contribution in [-0.4, -0.2) is 13.1 Å². The lowest BCUT2D eigenvalue weighted by Gasteiger charge is -2.28. The molecule has 1 aliphatic rings. The Balaban J connectivity index is 1.84. The van der Waals surface area contributed by atoms with E-state index in [2.05, 4.69) is 113 Å². The number of nitrogens with zero attached hydrogens (tertiary/aromatic N) is 1. The molecule has 0 amide bonds. The summed E-state index contributed by atoms with van der Waals surface area (Å²) in [6.07, 6.45) is 11.7. The van der Waals surface area contributed by atoms with E-state index in [4.69, 9.17) is 0 Å². The van der Waals surface area contributed by atoms with Crippen LogP contribution in [0, 0.1) is 0 Å². The molecule has 0 aliphatic carbocycles.